The summed E-state index contributed by atoms with van der Waals surface area (Å²) in [6.45, 7) is 0.972. The van der Waals surface area contributed by atoms with E-state index in [1.54, 1.807) is 24.3 Å². The van der Waals surface area contributed by atoms with Crippen molar-refractivity contribution in [2.45, 2.75) is 37.0 Å². The highest BCUT2D eigenvalue weighted by molar-refractivity contribution is 7.89. The molecule has 0 aromatic heterocycles. The van der Waals surface area contributed by atoms with Gasteiger partial charge in [0.25, 0.3) is 0 Å². The van der Waals surface area contributed by atoms with Gasteiger partial charge in [0, 0.05) is 37.1 Å². The summed E-state index contributed by atoms with van der Waals surface area (Å²) in [4.78, 5) is 24.9. The Balaban J connectivity index is 1.75. The Morgan fingerprint density at radius 1 is 0.893 bits per heavy atom. The Hall–Kier alpha value is -2.02. The van der Waals surface area contributed by atoms with Crippen LogP contribution in [0.2, 0.25) is 5.02 Å². The van der Waals surface area contributed by atoms with Crippen LogP contribution in [0, 0.1) is 0 Å². The minimum atomic E-state index is -3.65. The summed E-state index contributed by atoms with van der Waals surface area (Å²) < 4.78 is 27.1. The lowest BCUT2D eigenvalue weighted by Gasteiger charge is -2.26. The SMILES string of the molecule is O=C(CCC(=O)c1cc(S(=O)(=O)N2CCCCC2)ccc1Cl)c1ccccc1. The molecule has 0 amide bonds. The van der Waals surface area contributed by atoms with E-state index in [0.717, 1.165) is 19.3 Å². The molecule has 2 aromatic carbocycles. The molecule has 0 spiro atoms. The number of benzene rings is 2. The fourth-order valence-electron chi connectivity index (χ4n) is 3.26. The molecule has 1 aliphatic heterocycles. The molecule has 5 nitrogen and oxygen atoms in total. The highest BCUT2D eigenvalue weighted by atomic mass is 35.5. The van der Waals surface area contributed by atoms with E-state index in [0.29, 0.717) is 18.7 Å². The van der Waals surface area contributed by atoms with Gasteiger partial charge in [-0.2, -0.15) is 4.31 Å². The van der Waals surface area contributed by atoms with Crippen LogP contribution in [0.3, 0.4) is 0 Å². The maximum Gasteiger partial charge on any atom is 0.243 e. The first-order chi connectivity index (χ1) is 13.4. The van der Waals surface area contributed by atoms with Gasteiger partial charge in [-0.1, -0.05) is 48.4 Å². The van der Waals surface area contributed by atoms with Crippen LogP contribution in [-0.4, -0.2) is 37.4 Å². The third-order valence-corrected chi connectivity index (χ3v) is 7.09. The summed E-state index contributed by atoms with van der Waals surface area (Å²) in [6.07, 6.45) is 2.70. The third kappa shape index (κ3) is 4.69. The number of ketones is 2. The Bertz CT molecular complexity index is 967. The molecule has 7 heteroatoms. The zero-order valence-electron chi connectivity index (χ0n) is 15.4. The van der Waals surface area contributed by atoms with E-state index in [1.165, 1.54) is 22.5 Å². The average molecular weight is 420 g/mol. The molecule has 1 fully saturated rings. The van der Waals surface area contributed by atoms with Gasteiger partial charge < -0.3 is 0 Å². The van der Waals surface area contributed by atoms with Crippen molar-refractivity contribution in [3.05, 3.63) is 64.7 Å². The minimum absolute atomic E-state index is 0.0271. The molecule has 3 rings (SSSR count). The van der Waals surface area contributed by atoms with Crippen molar-refractivity contribution in [2.75, 3.05) is 13.1 Å². The number of piperidine rings is 1. The number of hydrogen-bond acceptors (Lipinski definition) is 4. The second-order valence-corrected chi connectivity index (χ2v) is 9.16. The fraction of sp³-hybridized carbons (Fsp3) is 0.333. The molecule has 0 N–H and O–H groups in total. The van der Waals surface area contributed by atoms with Crippen LogP contribution in [-0.2, 0) is 10.0 Å². The second-order valence-electron chi connectivity index (χ2n) is 6.82. The number of carbonyl (C=O) groups is 2. The number of Topliss-reactive ketones (excluding diaryl/α,β-unsaturated/α-hetero) is 2. The molecule has 0 aliphatic carbocycles. The zero-order chi connectivity index (χ0) is 20.1. The van der Waals surface area contributed by atoms with Crippen molar-refractivity contribution < 1.29 is 18.0 Å². The van der Waals surface area contributed by atoms with E-state index in [1.807, 2.05) is 6.07 Å². The smallest absolute Gasteiger partial charge is 0.243 e. The monoisotopic (exact) mass is 419 g/mol. The molecule has 0 radical (unpaired) electrons. The summed E-state index contributed by atoms with van der Waals surface area (Å²) in [5.41, 5.74) is 0.684. The topological polar surface area (TPSA) is 71.5 Å². The van der Waals surface area contributed by atoms with E-state index < -0.39 is 10.0 Å². The van der Waals surface area contributed by atoms with Gasteiger partial charge in [0.05, 0.1) is 9.92 Å². The normalized spacial score (nSPS) is 15.3. The number of nitrogens with zero attached hydrogens (tertiary/aromatic N) is 1. The number of carbonyl (C=O) groups excluding carboxylic acids is 2. The fourth-order valence-corrected chi connectivity index (χ4v) is 5.03. The average Bonchev–Trinajstić information content (AvgIpc) is 2.73. The number of halogens is 1. The summed E-state index contributed by atoms with van der Waals surface area (Å²) in [5.74, 6) is -0.479. The van der Waals surface area contributed by atoms with Crippen LogP contribution in [0.5, 0.6) is 0 Å². The quantitative estimate of drug-likeness (QED) is 0.625. The third-order valence-electron chi connectivity index (χ3n) is 4.87. The van der Waals surface area contributed by atoms with Gasteiger partial charge in [0.1, 0.15) is 0 Å². The predicted octanol–water partition coefficient (Wildman–Crippen LogP) is 4.36. The lowest BCUT2D eigenvalue weighted by Crippen LogP contribution is -2.35. The van der Waals surface area contributed by atoms with Crippen LogP contribution >= 0.6 is 11.6 Å². The van der Waals surface area contributed by atoms with Crippen molar-refractivity contribution in [1.29, 1.82) is 0 Å². The Labute approximate surface area is 170 Å². The molecule has 0 unspecified atom stereocenters. The van der Waals surface area contributed by atoms with Gasteiger partial charge in [-0.05, 0) is 31.0 Å². The van der Waals surface area contributed by atoms with Crippen molar-refractivity contribution in [1.82, 2.24) is 4.31 Å². The second kappa shape index (κ2) is 8.99. The van der Waals surface area contributed by atoms with Gasteiger partial charge in [-0.25, -0.2) is 8.42 Å². The van der Waals surface area contributed by atoms with Gasteiger partial charge >= 0.3 is 0 Å². The van der Waals surface area contributed by atoms with Crippen molar-refractivity contribution in [2.24, 2.45) is 0 Å². The number of hydrogen-bond donors (Lipinski definition) is 0. The molecule has 0 bridgehead atoms. The first kappa shape index (κ1) is 20.7. The molecule has 1 saturated heterocycles. The van der Waals surface area contributed by atoms with E-state index in [-0.39, 0.29) is 39.9 Å². The zero-order valence-corrected chi connectivity index (χ0v) is 17.0. The molecule has 0 saturated carbocycles. The van der Waals surface area contributed by atoms with Crippen LogP contribution in [0.25, 0.3) is 0 Å². The van der Waals surface area contributed by atoms with Crippen LogP contribution in [0.15, 0.2) is 53.4 Å². The first-order valence-electron chi connectivity index (χ1n) is 9.31. The van der Waals surface area contributed by atoms with Crippen molar-refractivity contribution in [3.63, 3.8) is 0 Å². The lowest BCUT2D eigenvalue weighted by molar-refractivity contribution is 0.0917. The largest absolute Gasteiger partial charge is 0.294 e. The molecule has 0 atom stereocenters. The van der Waals surface area contributed by atoms with E-state index >= 15 is 0 Å². The summed E-state index contributed by atoms with van der Waals surface area (Å²) in [6, 6.07) is 12.9. The summed E-state index contributed by atoms with van der Waals surface area (Å²) in [7, 11) is -3.65. The first-order valence-corrected chi connectivity index (χ1v) is 11.1. The number of rotatable bonds is 7. The van der Waals surface area contributed by atoms with E-state index in [2.05, 4.69) is 0 Å². The van der Waals surface area contributed by atoms with Gasteiger partial charge in [-0.3, -0.25) is 9.59 Å². The highest BCUT2D eigenvalue weighted by Crippen LogP contribution is 2.26. The Morgan fingerprint density at radius 3 is 2.21 bits per heavy atom. The van der Waals surface area contributed by atoms with E-state index in [9.17, 15) is 18.0 Å². The highest BCUT2D eigenvalue weighted by Gasteiger charge is 2.27. The van der Waals surface area contributed by atoms with Crippen LogP contribution in [0.1, 0.15) is 52.8 Å². The summed E-state index contributed by atoms with van der Waals surface area (Å²) in [5, 5.41) is 0.190. The Morgan fingerprint density at radius 2 is 1.54 bits per heavy atom. The molecule has 2 aromatic rings. The predicted molar refractivity (Wildman–Crippen MR) is 108 cm³/mol. The summed E-state index contributed by atoms with van der Waals surface area (Å²) >= 11 is 6.15. The van der Waals surface area contributed by atoms with Gasteiger partial charge in [0.15, 0.2) is 11.6 Å². The van der Waals surface area contributed by atoms with Crippen molar-refractivity contribution >= 4 is 33.2 Å². The van der Waals surface area contributed by atoms with E-state index in [4.69, 9.17) is 11.6 Å². The maximum atomic E-state index is 12.8. The van der Waals surface area contributed by atoms with Crippen LogP contribution < -0.4 is 0 Å². The maximum absolute atomic E-state index is 12.8. The van der Waals surface area contributed by atoms with Gasteiger partial charge in [0.2, 0.25) is 10.0 Å². The molecule has 1 heterocycles. The standard InChI is InChI=1S/C21H22ClNO4S/c22-19-10-9-17(28(26,27)23-13-5-2-6-14-23)15-18(19)21(25)12-11-20(24)16-7-3-1-4-8-16/h1,3-4,7-10,15H,2,5-6,11-14H2. The van der Waals surface area contributed by atoms with Crippen LogP contribution in [0.4, 0.5) is 0 Å². The molecule has 28 heavy (non-hydrogen) atoms. The number of sulfonamides is 1. The van der Waals surface area contributed by atoms with Crippen molar-refractivity contribution in [3.8, 4) is 0 Å². The molecular weight excluding hydrogens is 398 g/mol. The lowest BCUT2D eigenvalue weighted by atomic mass is 10.0. The minimum Gasteiger partial charge on any atom is -0.294 e. The van der Waals surface area contributed by atoms with Gasteiger partial charge in [-0.15, -0.1) is 0 Å². The molecular formula is C21H22ClNO4S. The Kier molecular flexibility index (Phi) is 6.65. The molecule has 1 aliphatic rings. The molecule has 148 valence electrons.